The highest BCUT2D eigenvalue weighted by Crippen LogP contribution is 2.23. The Labute approximate surface area is 118 Å². The maximum absolute atomic E-state index is 11.8. The molecular formula is C12H13NO8. The number of aliphatic hydroxyl groups is 3. The molecule has 1 aromatic heterocycles. The van der Waals surface area contributed by atoms with Crippen LogP contribution in [-0.4, -0.2) is 68.1 Å². The SMILES string of the molecule is O=C(O[C@H]1O[C@@H](C(=O)O)[C@H](O)[C@@H](O)[C@H]1O)c1cccnc1. The van der Waals surface area contributed by atoms with Crippen LogP contribution in [0.15, 0.2) is 24.5 Å². The molecule has 0 saturated carbocycles. The molecule has 1 fully saturated rings. The molecule has 0 spiro atoms. The smallest absolute Gasteiger partial charge is 0.342 e. The largest absolute Gasteiger partial charge is 0.479 e. The van der Waals surface area contributed by atoms with E-state index in [0.717, 1.165) is 0 Å². The highest BCUT2D eigenvalue weighted by Gasteiger charge is 2.48. The van der Waals surface area contributed by atoms with Gasteiger partial charge in [0.1, 0.15) is 18.3 Å². The number of aliphatic carboxylic acids is 1. The second-order valence-corrected chi connectivity index (χ2v) is 4.38. The Morgan fingerprint density at radius 1 is 1.19 bits per heavy atom. The third-order valence-corrected chi connectivity index (χ3v) is 2.93. The van der Waals surface area contributed by atoms with Crippen molar-refractivity contribution in [1.29, 1.82) is 0 Å². The minimum absolute atomic E-state index is 0.0563. The molecule has 1 aliphatic rings. The lowest BCUT2D eigenvalue weighted by atomic mass is 9.99. The molecule has 0 bridgehead atoms. The first-order valence-corrected chi connectivity index (χ1v) is 5.95. The predicted molar refractivity (Wildman–Crippen MR) is 64.0 cm³/mol. The minimum atomic E-state index is -1.84. The van der Waals surface area contributed by atoms with Crippen molar-refractivity contribution >= 4 is 11.9 Å². The summed E-state index contributed by atoms with van der Waals surface area (Å²) < 4.78 is 9.62. The first-order chi connectivity index (χ1) is 9.91. The quantitative estimate of drug-likeness (QED) is 0.471. The molecule has 1 aliphatic heterocycles. The van der Waals surface area contributed by atoms with Gasteiger partial charge >= 0.3 is 11.9 Å². The highest BCUT2D eigenvalue weighted by atomic mass is 16.7. The van der Waals surface area contributed by atoms with Crippen LogP contribution in [0.2, 0.25) is 0 Å². The van der Waals surface area contributed by atoms with Crippen molar-refractivity contribution in [2.24, 2.45) is 0 Å². The molecule has 21 heavy (non-hydrogen) atoms. The van der Waals surface area contributed by atoms with Crippen LogP contribution in [0.3, 0.4) is 0 Å². The Hall–Kier alpha value is -2.07. The molecule has 5 atom stereocenters. The summed E-state index contributed by atoms with van der Waals surface area (Å²) in [7, 11) is 0. The number of nitrogens with zero attached hydrogens (tertiary/aromatic N) is 1. The third kappa shape index (κ3) is 3.16. The average Bonchev–Trinajstić information content (AvgIpc) is 2.48. The van der Waals surface area contributed by atoms with Gasteiger partial charge in [-0.1, -0.05) is 0 Å². The Bertz CT molecular complexity index is 521. The number of ether oxygens (including phenoxy) is 2. The Morgan fingerprint density at radius 3 is 2.48 bits per heavy atom. The second kappa shape index (κ2) is 6.14. The van der Waals surface area contributed by atoms with Gasteiger partial charge in [0.2, 0.25) is 6.29 Å². The van der Waals surface area contributed by atoms with E-state index in [1.165, 1.54) is 24.5 Å². The number of carbonyl (C=O) groups is 2. The fourth-order valence-corrected chi connectivity index (χ4v) is 1.81. The van der Waals surface area contributed by atoms with Gasteiger partial charge in [-0.3, -0.25) is 4.98 Å². The number of hydrogen-bond donors (Lipinski definition) is 4. The van der Waals surface area contributed by atoms with Gasteiger partial charge in [-0.25, -0.2) is 9.59 Å². The van der Waals surface area contributed by atoms with Crippen molar-refractivity contribution < 1.29 is 39.5 Å². The summed E-state index contributed by atoms with van der Waals surface area (Å²) in [6, 6.07) is 2.87. The summed E-state index contributed by atoms with van der Waals surface area (Å²) in [5.41, 5.74) is 0.0563. The van der Waals surface area contributed by atoms with E-state index in [1.807, 2.05) is 0 Å². The van der Waals surface area contributed by atoms with Crippen LogP contribution < -0.4 is 0 Å². The van der Waals surface area contributed by atoms with E-state index in [0.29, 0.717) is 0 Å². The van der Waals surface area contributed by atoms with E-state index in [2.05, 4.69) is 4.98 Å². The van der Waals surface area contributed by atoms with Gasteiger partial charge in [0, 0.05) is 12.4 Å². The Balaban J connectivity index is 2.11. The number of carboxylic acids is 1. The zero-order chi connectivity index (χ0) is 15.6. The van der Waals surface area contributed by atoms with E-state index in [4.69, 9.17) is 14.6 Å². The molecule has 114 valence electrons. The van der Waals surface area contributed by atoms with Crippen LogP contribution in [0.25, 0.3) is 0 Å². The maximum Gasteiger partial charge on any atom is 0.342 e. The van der Waals surface area contributed by atoms with Crippen LogP contribution in [0.5, 0.6) is 0 Å². The zero-order valence-corrected chi connectivity index (χ0v) is 10.6. The van der Waals surface area contributed by atoms with E-state index < -0.39 is 42.6 Å². The number of esters is 1. The second-order valence-electron chi connectivity index (χ2n) is 4.38. The Kier molecular flexibility index (Phi) is 4.48. The summed E-state index contributed by atoms with van der Waals surface area (Å²) in [4.78, 5) is 26.4. The van der Waals surface area contributed by atoms with Gasteiger partial charge in [-0.05, 0) is 12.1 Å². The fourth-order valence-electron chi connectivity index (χ4n) is 1.81. The lowest BCUT2D eigenvalue weighted by molar-refractivity contribution is -0.278. The van der Waals surface area contributed by atoms with Crippen molar-refractivity contribution in [2.45, 2.75) is 30.7 Å². The monoisotopic (exact) mass is 299 g/mol. The van der Waals surface area contributed by atoms with Gasteiger partial charge in [0.15, 0.2) is 6.10 Å². The number of pyridine rings is 1. The molecule has 0 radical (unpaired) electrons. The number of rotatable bonds is 3. The molecule has 0 unspecified atom stereocenters. The molecule has 4 N–H and O–H groups in total. The van der Waals surface area contributed by atoms with Crippen LogP contribution in [0.4, 0.5) is 0 Å². The highest BCUT2D eigenvalue weighted by molar-refractivity contribution is 5.89. The van der Waals surface area contributed by atoms with Gasteiger partial charge in [0.05, 0.1) is 5.56 Å². The van der Waals surface area contributed by atoms with Gasteiger partial charge in [0.25, 0.3) is 0 Å². The van der Waals surface area contributed by atoms with E-state index >= 15 is 0 Å². The molecule has 0 aliphatic carbocycles. The topological polar surface area (TPSA) is 146 Å². The van der Waals surface area contributed by atoms with E-state index in [9.17, 15) is 24.9 Å². The van der Waals surface area contributed by atoms with Gasteiger partial charge in [-0.2, -0.15) is 0 Å². The molecule has 1 saturated heterocycles. The molecule has 9 heteroatoms. The van der Waals surface area contributed by atoms with Gasteiger partial charge < -0.3 is 29.9 Å². The molecule has 1 aromatic rings. The number of aromatic nitrogens is 1. The summed E-state index contributed by atoms with van der Waals surface area (Å²) in [6.45, 7) is 0. The van der Waals surface area contributed by atoms with E-state index in [-0.39, 0.29) is 5.56 Å². The molecule has 2 heterocycles. The first kappa shape index (κ1) is 15.3. The van der Waals surface area contributed by atoms with Crippen molar-refractivity contribution in [2.75, 3.05) is 0 Å². The number of carboxylic acid groups (broad SMARTS) is 1. The van der Waals surface area contributed by atoms with Crippen LogP contribution >= 0.6 is 0 Å². The summed E-state index contributed by atoms with van der Waals surface area (Å²) in [5, 5.41) is 37.6. The lowest BCUT2D eigenvalue weighted by Crippen LogP contribution is -2.60. The van der Waals surface area contributed by atoms with Gasteiger partial charge in [-0.15, -0.1) is 0 Å². The normalized spacial score (nSPS) is 32.4. The molecule has 9 nitrogen and oxygen atoms in total. The lowest BCUT2D eigenvalue weighted by Gasteiger charge is -2.37. The number of hydrogen-bond acceptors (Lipinski definition) is 8. The fraction of sp³-hybridized carbons (Fsp3) is 0.417. The van der Waals surface area contributed by atoms with Crippen molar-refractivity contribution in [3.63, 3.8) is 0 Å². The third-order valence-electron chi connectivity index (χ3n) is 2.93. The van der Waals surface area contributed by atoms with Crippen molar-refractivity contribution in [1.82, 2.24) is 4.98 Å². The molecule has 2 rings (SSSR count). The van der Waals surface area contributed by atoms with E-state index in [1.54, 1.807) is 0 Å². The molecular weight excluding hydrogens is 286 g/mol. The number of aliphatic hydroxyl groups excluding tert-OH is 3. The maximum atomic E-state index is 11.8. The molecule has 0 amide bonds. The van der Waals surface area contributed by atoms with Crippen LogP contribution in [0, 0.1) is 0 Å². The predicted octanol–water partition coefficient (Wildman–Crippen LogP) is -1.87. The van der Waals surface area contributed by atoms with Crippen LogP contribution in [-0.2, 0) is 14.3 Å². The van der Waals surface area contributed by atoms with Crippen molar-refractivity contribution in [3.05, 3.63) is 30.1 Å². The first-order valence-electron chi connectivity index (χ1n) is 5.95. The Morgan fingerprint density at radius 2 is 1.90 bits per heavy atom. The zero-order valence-electron chi connectivity index (χ0n) is 10.6. The average molecular weight is 299 g/mol. The standard InChI is InChI=1S/C12H13NO8/c14-6-7(15)9(10(17)18)20-12(8(6)16)21-11(19)5-2-1-3-13-4-5/h1-4,6-9,12,14-16H,(H,17,18)/t6-,7-,8-,9-,12-/m1/s1. The summed E-state index contributed by atoms with van der Waals surface area (Å²) in [6.07, 6.45) is -6.36. The minimum Gasteiger partial charge on any atom is -0.479 e. The molecule has 0 aromatic carbocycles. The number of carbonyl (C=O) groups excluding carboxylic acids is 1. The summed E-state index contributed by atoms with van der Waals surface area (Å²) >= 11 is 0. The summed E-state index contributed by atoms with van der Waals surface area (Å²) in [5.74, 6) is -2.48. The van der Waals surface area contributed by atoms with Crippen molar-refractivity contribution in [3.8, 4) is 0 Å². The van der Waals surface area contributed by atoms with Crippen LogP contribution in [0.1, 0.15) is 10.4 Å².